The number of aryl methyl sites for hydroxylation is 1. The molecule has 0 atom stereocenters. The molecule has 1 aromatic rings. The largest absolute Gasteiger partial charge is 0.441 e. The van der Waals surface area contributed by atoms with Crippen LogP contribution in [-0.4, -0.2) is 26.2 Å². The highest BCUT2D eigenvalue weighted by molar-refractivity contribution is 9.10. The first-order valence-electron chi connectivity index (χ1n) is 5.08. The van der Waals surface area contributed by atoms with Gasteiger partial charge >= 0.3 is 5.51 Å². The van der Waals surface area contributed by atoms with E-state index in [-0.39, 0.29) is 29.0 Å². The topological polar surface area (TPSA) is 46.2 Å². The second-order valence-electron chi connectivity index (χ2n) is 3.63. The van der Waals surface area contributed by atoms with Gasteiger partial charge in [-0.15, -0.1) is 0 Å². The monoisotopic (exact) mass is 377 g/mol. The van der Waals surface area contributed by atoms with Crippen LogP contribution in [0.1, 0.15) is 5.56 Å². The molecule has 0 spiro atoms. The Morgan fingerprint density at radius 1 is 1.37 bits per heavy atom. The van der Waals surface area contributed by atoms with E-state index in [1.807, 2.05) is 0 Å². The van der Waals surface area contributed by atoms with E-state index >= 15 is 0 Å². The Hall–Kier alpha value is -0.250. The number of alkyl halides is 3. The second-order valence-corrected chi connectivity index (χ2v) is 7.38. The van der Waals surface area contributed by atoms with Gasteiger partial charge in [0.25, 0.3) is 0 Å². The number of benzene rings is 1. The molecule has 0 unspecified atom stereocenters. The minimum absolute atomic E-state index is 0.00936. The van der Waals surface area contributed by atoms with Crippen molar-refractivity contribution in [3.8, 4) is 0 Å². The molecule has 0 fully saturated rings. The SMILES string of the molecule is Cc1ccc(S(=O)(=O)NCCSC(F)(F)F)c(Br)c1. The second kappa shape index (κ2) is 6.47. The van der Waals surface area contributed by atoms with Gasteiger partial charge < -0.3 is 0 Å². The van der Waals surface area contributed by atoms with Gasteiger partial charge in [-0.05, 0) is 52.3 Å². The number of hydrogen-bond donors (Lipinski definition) is 1. The van der Waals surface area contributed by atoms with E-state index in [4.69, 9.17) is 0 Å². The van der Waals surface area contributed by atoms with Gasteiger partial charge in [-0.2, -0.15) is 13.2 Å². The molecule has 0 aromatic heterocycles. The van der Waals surface area contributed by atoms with Gasteiger partial charge in [0.2, 0.25) is 10.0 Å². The summed E-state index contributed by atoms with van der Waals surface area (Å²) >= 11 is 2.86. The smallest absolute Gasteiger partial charge is 0.210 e. The van der Waals surface area contributed by atoms with Crippen molar-refractivity contribution in [2.24, 2.45) is 0 Å². The molecule has 19 heavy (non-hydrogen) atoms. The molecule has 0 aliphatic heterocycles. The summed E-state index contributed by atoms with van der Waals surface area (Å²) < 4.78 is 61.9. The molecule has 0 aliphatic carbocycles. The van der Waals surface area contributed by atoms with Crippen LogP contribution in [0.5, 0.6) is 0 Å². The van der Waals surface area contributed by atoms with Crippen LogP contribution in [0.25, 0.3) is 0 Å². The normalized spacial score (nSPS) is 12.7. The first kappa shape index (κ1) is 16.8. The van der Waals surface area contributed by atoms with Gasteiger partial charge in [0.1, 0.15) is 0 Å². The fourth-order valence-electron chi connectivity index (χ4n) is 1.24. The predicted octanol–water partition coefficient (Wildman–Crippen LogP) is 3.29. The van der Waals surface area contributed by atoms with Gasteiger partial charge in [-0.25, -0.2) is 13.1 Å². The summed E-state index contributed by atoms with van der Waals surface area (Å²) in [5.41, 5.74) is -3.48. The van der Waals surface area contributed by atoms with E-state index < -0.39 is 15.5 Å². The fraction of sp³-hybridized carbons (Fsp3) is 0.400. The maximum Gasteiger partial charge on any atom is 0.441 e. The zero-order chi connectivity index (χ0) is 14.7. The van der Waals surface area contributed by atoms with Crippen LogP contribution in [-0.2, 0) is 10.0 Å². The van der Waals surface area contributed by atoms with Crippen LogP contribution in [0.4, 0.5) is 13.2 Å². The molecule has 3 nitrogen and oxygen atoms in total. The third-order valence-corrected chi connectivity index (χ3v) is 5.21. The Balaban J connectivity index is 2.66. The number of halogens is 4. The molecule has 0 bridgehead atoms. The van der Waals surface area contributed by atoms with Crippen LogP contribution >= 0.6 is 27.7 Å². The molecule has 0 aliphatic rings. The van der Waals surface area contributed by atoms with E-state index in [0.717, 1.165) is 5.56 Å². The molecule has 0 saturated carbocycles. The highest BCUT2D eigenvalue weighted by Crippen LogP contribution is 2.29. The summed E-state index contributed by atoms with van der Waals surface area (Å²) in [6.45, 7) is 1.52. The standard InChI is InChI=1S/C10H11BrF3NO2S2/c1-7-2-3-9(8(11)6-7)19(16,17)15-4-5-18-10(12,13)14/h2-3,6,15H,4-5H2,1H3. The summed E-state index contributed by atoms with van der Waals surface area (Å²) in [4.78, 5) is 0.00936. The Bertz CT molecular complexity index is 546. The summed E-state index contributed by atoms with van der Waals surface area (Å²) in [6, 6.07) is 4.64. The van der Waals surface area contributed by atoms with E-state index in [9.17, 15) is 21.6 Å². The molecule has 0 heterocycles. The number of nitrogens with one attached hydrogen (secondary N) is 1. The Kier molecular flexibility index (Phi) is 5.72. The van der Waals surface area contributed by atoms with Crippen molar-refractivity contribution in [1.82, 2.24) is 4.72 Å². The molecule has 0 saturated heterocycles. The minimum atomic E-state index is -4.35. The highest BCUT2D eigenvalue weighted by Gasteiger charge is 2.28. The number of rotatable bonds is 5. The van der Waals surface area contributed by atoms with E-state index in [0.29, 0.717) is 4.47 Å². The first-order valence-corrected chi connectivity index (χ1v) is 8.34. The molecule has 0 radical (unpaired) electrons. The molecule has 1 aromatic carbocycles. The summed E-state index contributed by atoms with van der Waals surface area (Å²) in [5.74, 6) is -0.369. The van der Waals surface area contributed by atoms with Gasteiger partial charge in [0.15, 0.2) is 0 Å². The van der Waals surface area contributed by atoms with E-state index in [1.54, 1.807) is 19.1 Å². The molecule has 9 heteroatoms. The predicted molar refractivity (Wildman–Crippen MR) is 72.6 cm³/mol. The molecule has 1 N–H and O–H groups in total. The quantitative estimate of drug-likeness (QED) is 0.800. The Morgan fingerprint density at radius 2 is 2.00 bits per heavy atom. The van der Waals surface area contributed by atoms with Crippen molar-refractivity contribution in [1.29, 1.82) is 0 Å². The third-order valence-electron chi connectivity index (χ3n) is 2.04. The van der Waals surface area contributed by atoms with Crippen LogP contribution in [0, 0.1) is 6.92 Å². The van der Waals surface area contributed by atoms with Gasteiger partial charge in [0, 0.05) is 16.8 Å². The molecule has 108 valence electrons. The zero-order valence-corrected chi connectivity index (χ0v) is 13.0. The van der Waals surface area contributed by atoms with Crippen molar-refractivity contribution >= 4 is 37.7 Å². The minimum Gasteiger partial charge on any atom is -0.210 e. The Morgan fingerprint density at radius 3 is 2.53 bits per heavy atom. The molecule has 0 amide bonds. The molecule has 1 rings (SSSR count). The lowest BCUT2D eigenvalue weighted by Crippen LogP contribution is -2.27. The van der Waals surface area contributed by atoms with Crippen molar-refractivity contribution < 1.29 is 21.6 Å². The van der Waals surface area contributed by atoms with Crippen molar-refractivity contribution in [2.75, 3.05) is 12.3 Å². The first-order chi connectivity index (χ1) is 8.62. The van der Waals surface area contributed by atoms with Crippen molar-refractivity contribution in [3.05, 3.63) is 28.2 Å². The maximum absolute atomic E-state index is 11.9. The van der Waals surface area contributed by atoms with Gasteiger partial charge in [-0.3, -0.25) is 0 Å². The van der Waals surface area contributed by atoms with Crippen molar-refractivity contribution in [3.63, 3.8) is 0 Å². The third kappa shape index (κ3) is 5.72. The molecular formula is C10H11BrF3NO2S2. The van der Waals surface area contributed by atoms with Gasteiger partial charge in [-0.1, -0.05) is 6.07 Å². The van der Waals surface area contributed by atoms with Crippen LogP contribution < -0.4 is 4.72 Å². The highest BCUT2D eigenvalue weighted by atomic mass is 79.9. The van der Waals surface area contributed by atoms with Gasteiger partial charge in [0.05, 0.1) is 4.90 Å². The Labute approximate surface area is 122 Å². The number of hydrogen-bond acceptors (Lipinski definition) is 3. The fourth-order valence-corrected chi connectivity index (χ4v) is 4.03. The van der Waals surface area contributed by atoms with Crippen molar-refractivity contribution in [2.45, 2.75) is 17.3 Å². The molecular weight excluding hydrogens is 367 g/mol. The lowest BCUT2D eigenvalue weighted by Gasteiger charge is -2.09. The average Bonchev–Trinajstić information content (AvgIpc) is 2.22. The lowest BCUT2D eigenvalue weighted by molar-refractivity contribution is -0.0327. The van der Waals surface area contributed by atoms with E-state index in [1.165, 1.54) is 6.07 Å². The zero-order valence-electron chi connectivity index (χ0n) is 9.79. The summed E-state index contributed by atoms with van der Waals surface area (Å²) in [7, 11) is -3.80. The van der Waals surface area contributed by atoms with Crippen LogP contribution in [0.15, 0.2) is 27.6 Å². The maximum atomic E-state index is 11.9. The van der Waals surface area contributed by atoms with E-state index in [2.05, 4.69) is 20.7 Å². The summed E-state index contributed by atoms with van der Waals surface area (Å²) in [6.07, 6.45) is 0. The number of sulfonamides is 1. The van der Waals surface area contributed by atoms with Crippen LogP contribution in [0.2, 0.25) is 0 Å². The lowest BCUT2D eigenvalue weighted by atomic mass is 10.2. The van der Waals surface area contributed by atoms with Crippen LogP contribution in [0.3, 0.4) is 0 Å². The summed E-state index contributed by atoms with van der Waals surface area (Å²) in [5, 5.41) is 0. The average molecular weight is 378 g/mol. The number of thioether (sulfide) groups is 1.